The highest BCUT2D eigenvalue weighted by Crippen LogP contribution is 2.47. The molecule has 172 valence electrons. The van der Waals surface area contributed by atoms with Crippen molar-refractivity contribution in [1.82, 2.24) is 10.2 Å². The quantitative estimate of drug-likeness (QED) is 0.682. The summed E-state index contributed by atoms with van der Waals surface area (Å²) in [6.45, 7) is -0.882. The Labute approximate surface area is 187 Å². The van der Waals surface area contributed by atoms with E-state index in [4.69, 9.17) is 5.11 Å². The monoisotopic (exact) mass is 457 g/mol. The molecule has 3 aliphatic heterocycles. The van der Waals surface area contributed by atoms with Gasteiger partial charge >= 0.3 is 5.97 Å². The number of aliphatic carboxylic acids is 1. The fraction of sp³-hybridized carbons (Fsp3) is 0.391. The van der Waals surface area contributed by atoms with Crippen LogP contribution in [-0.4, -0.2) is 65.3 Å². The second-order valence-corrected chi connectivity index (χ2v) is 8.75. The van der Waals surface area contributed by atoms with Crippen LogP contribution < -0.4 is 10.2 Å². The maximum atomic E-state index is 15.1. The lowest BCUT2D eigenvalue weighted by Gasteiger charge is -2.38. The summed E-state index contributed by atoms with van der Waals surface area (Å²) in [5.41, 5.74) is 1.20. The van der Waals surface area contributed by atoms with E-state index < -0.39 is 54.7 Å². The van der Waals surface area contributed by atoms with Crippen LogP contribution in [0.25, 0.3) is 10.8 Å². The molecule has 2 unspecified atom stereocenters. The summed E-state index contributed by atoms with van der Waals surface area (Å²) < 4.78 is 30.3. The van der Waals surface area contributed by atoms with E-state index in [-0.39, 0.29) is 25.8 Å². The summed E-state index contributed by atoms with van der Waals surface area (Å²) in [7, 11) is 0. The van der Waals surface area contributed by atoms with Gasteiger partial charge in [-0.1, -0.05) is 18.2 Å². The topological polar surface area (TPSA) is 107 Å². The van der Waals surface area contributed by atoms with E-state index in [1.54, 1.807) is 30.3 Å². The van der Waals surface area contributed by atoms with E-state index in [0.29, 0.717) is 27.6 Å². The summed E-state index contributed by atoms with van der Waals surface area (Å²) in [6, 6.07) is 7.25. The highest BCUT2D eigenvalue weighted by Gasteiger charge is 2.47. The van der Waals surface area contributed by atoms with Gasteiger partial charge in [-0.05, 0) is 42.5 Å². The first-order valence-corrected chi connectivity index (χ1v) is 10.7. The third kappa shape index (κ3) is 3.45. The Morgan fingerprint density at radius 3 is 2.64 bits per heavy atom. The molecular weight excluding hydrogens is 436 g/mol. The second-order valence-electron chi connectivity index (χ2n) is 8.75. The number of hydrogen-bond acceptors (Lipinski definition) is 5. The Bertz CT molecular complexity index is 1210. The first-order valence-electron chi connectivity index (χ1n) is 10.7. The van der Waals surface area contributed by atoms with Crippen LogP contribution in [0.1, 0.15) is 41.1 Å². The van der Waals surface area contributed by atoms with E-state index in [9.17, 15) is 19.2 Å². The Morgan fingerprint density at radius 2 is 1.94 bits per heavy atom. The number of likely N-dealkylation sites (tertiary alicyclic amines) is 1. The van der Waals surface area contributed by atoms with Crippen molar-refractivity contribution in [3.63, 3.8) is 0 Å². The lowest BCUT2D eigenvalue weighted by atomic mass is 9.83. The molecule has 0 bridgehead atoms. The summed E-state index contributed by atoms with van der Waals surface area (Å²) in [5, 5.41) is 12.2. The highest BCUT2D eigenvalue weighted by molar-refractivity contribution is 6.27. The Kier molecular flexibility index (Phi) is 4.93. The Balaban J connectivity index is 1.54. The predicted octanol–water partition coefficient (Wildman–Crippen LogP) is 2.11. The van der Waals surface area contributed by atoms with Gasteiger partial charge in [0, 0.05) is 17.4 Å². The summed E-state index contributed by atoms with van der Waals surface area (Å²) in [5.74, 6) is -6.78. The van der Waals surface area contributed by atoms with E-state index in [1.807, 2.05) is 0 Å². The minimum absolute atomic E-state index is 0.0732. The summed E-state index contributed by atoms with van der Waals surface area (Å²) in [4.78, 5) is 50.7. The van der Waals surface area contributed by atoms with Crippen molar-refractivity contribution in [2.24, 2.45) is 0 Å². The van der Waals surface area contributed by atoms with Gasteiger partial charge in [-0.2, -0.15) is 0 Å². The van der Waals surface area contributed by atoms with Gasteiger partial charge < -0.3 is 5.11 Å². The van der Waals surface area contributed by atoms with Crippen LogP contribution in [-0.2, 0) is 14.4 Å². The molecule has 8 nitrogen and oxygen atoms in total. The molecule has 0 radical (unpaired) electrons. The average molecular weight is 457 g/mol. The molecule has 0 aliphatic carbocycles. The van der Waals surface area contributed by atoms with Crippen molar-refractivity contribution >= 4 is 40.2 Å². The third-order valence-corrected chi connectivity index (χ3v) is 6.70. The summed E-state index contributed by atoms with van der Waals surface area (Å²) >= 11 is 0. The van der Waals surface area contributed by atoms with Crippen LogP contribution in [0.5, 0.6) is 0 Å². The number of carbonyl (C=O) groups excluding carboxylic acids is 3. The first-order chi connectivity index (χ1) is 15.7. The van der Waals surface area contributed by atoms with Crippen molar-refractivity contribution < 1.29 is 33.1 Å². The molecule has 3 amide bonds. The van der Waals surface area contributed by atoms with Crippen LogP contribution in [0.4, 0.5) is 14.5 Å². The van der Waals surface area contributed by atoms with Gasteiger partial charge in [-0.3, -0.25) is 34.3 Å². The molecule has 2 atom stereocenters. The zero-order valence-electron chi connectivity index (χ0n) is 17.5. The number of halogens is 2. The molecule has 2 aromatic carbocycles. The van der Waals surface area contributed by atoms with Crippen molar-refractivity contribution in [3.8, 4) is 0 Å². The predicted molar refractivity (Wildman–Crippen MR) is 113 cm³/mol. The number of carboxylic acid groups (broad SMARTS) is 1. The summed E-state index contributed by atoms with van der Waals surface area (Å²) in [6.07, 6.45) is 0.371. The Morgan fingerprint density at radius 1 is 1.15 bits per heavy atom. The highest BCUT2D eigenvalue weighted by atomic mass is 19.3. The van der Waals surface area contributed by atoms with E-state index in [0.717, 1.165) is 0 Å². The van der Waals surface area contributed by atoms with Crippen molar-refractivity contribution in [2.45, 2.75) is 37.1 Å². The molecule has 5 rings (SSSR count). The van der Waals surface area contributed by atoms with Crippen LogP contribution in [0.2, 0.25) is 0 Å². The number of anilines is 1. The number of hydrogen-bond donors (Lipinski definition) is 2. The fourth-order valence-corrected chi connectivity index (χ4v) is 5.29. The van der Waals surface area contributed by atoms with E-state index in [2.05, 4.69) is 5.32 Å². The molecule has 33 heavy (non-hydrogen) atoms. The van der Waals surface area contributed by atoms with Crippen LogP contribution >= 0.6 is 0 Å². The lowest BCUT2D eigenvalue weighted by Crippen LogP contribution is -2.53. The largest absolute Gasteiger partial charge is 0.480 e. The zero-order valence-corrected chi connectivity index (χ0v) is 17.5. The third-order valence-electron chi connectivity index (χ3n) is 6.70. The molecule has 3 aliphatic rings. The van der Waals surface area contributed by atoms with Crippen LogP contribution in [0.15, 0.2) is 30.3 Å². The number of nitrogens with zero attached hydrogens (tertiary/aromatic N) is 2. The molecule has 2 fully saturated rings. The number of piperidine rings is 2. The molecular formula is C23H21F2N3O5. The smallest absolute Gasteiger partial charge is 0.317 e. The van der Waals surface area contributed by atoms with Crippen LogP contribution in [0.3, 0.4) is 0 Å². The molecule has 2 saturated heterocycles. The maximum Gasteiger partial charge on any atom is 0.317 e. The molecule has 3 heterocycles. The van der Waals surface area contributed by atoms with Crippen molar-refractivity contribution in [3.05, 3.63) is 41.5 Å². The fourth-order valence-electron chi connectivity index (χ4n) is 5.29. The molecule has 2 N–H and O–H groups in total. The number of nitrogens with one attached hydrogen (secondary N) is 1. The standard InChI is InChI=1S/C23H21F2N3O5/c24-23(25)11-27(10-19(30)31)9-8-15(23)12-4-5-16-20-13(12)2-1-3-14(20)22(33)28(16)17-6-7-18(29)26-21(17)32/h1-5,15,17H,6-11H2,(H,30,31)(H,26,29,32). The lowest BCUT2D eigenvalue weighted by molar-refractivity contribution is -0.142. The van der Waals surface area contributed by atoms with Gasteiger partial charge in [0.2, 0.25) is 11.8 Å². The van der Waals surface area contributed by atoms with Gasteiger partial charge in [-0.15, -0.1) is 0 Å². The number of amides is 3. The maximum absolute atomic E-state index is 15.1. The first kappa shape index (κ1) is 21.4. The number of alkyl halides is 2. The van der Waals surface area contributed by atoms with Gasteiger partial charge in [0.05, 0.1) is 24.7 Å². The number of carboxylic acids is 1. The van der Waals surface area contributed by atoms with Crippen LogP contribution in [0, 0.1) is 0 Å². The van der Waals surface area contributed by atoms with Gasteiger partial charge in [-0.25, -0.2) is 8.78 Å². The average Bonchev–Trinajstić information content (AvgIpc) is 3.02. The minimum atomic E-state index is -3.15. The normalized spacial score (nSPS) is 24.9. The molecule has 0 spiro atoms. The minimum Gasteiger partial charge on any atom is -0.480 e. The van der Waals surface area contributed by atoms with Gasteiger partial charge in [0.25, 0.3) is 11.8 Å². The zero-order chi connectivity index (χ0) is 23.5. The van der Waals surface area contributed by atoms with Crippen molar-refractivity contribution in [1.29, 1.82) is 0 Å². The second kappa shape index (κ2) is 7.58. The molecule has 10 heteroatoms. The SMILES string of the molecule is O=C(O)CN1CCC(c2ccc3c4c(cccc24)C(=O)N3C2CCC(=O)NC2=O)C(F)(F)C1. The number of benzene rings is 2. The molecule has 0 saturated carbocycles. The number of carbonyl (C=O) groups is 4. The van der Waals surface area contributed by atoms with Gasteiger partial charge in [0.15, 0.2) is 0 Å². The number of imide groups is 1. The van der Waals surface area contributed by atoms with E-state index >= 15 is 8.78 Å². The van der Waals surface area contributed by atoms with Crippen molar-refractivity contribution in [2.75, 3.05) is 24.5 Å². The van der Waals surface area contributed by atoms with Gasteiger partial charge in [0.1, 0.15) is 6.04 Å². The Hall–Kier alpha value is -3.40. The molecule has 0 aromatic heterocycles. The molecule has 2 aromatic rings. The number of rotatable bonds is 4. The van der Waals surface area contributed by atoms with E-state index in [1.165, 1.54) is 9.80 Å².